The minimum Gasteiger partial charge on any atom is -0.454 e. The molecule has 1 aliphatic rings. The molecule has 1 fully saturated rings. The maximum Gasteiger partial charge on any atom is 0.342 e. The number of hydrogen-bond acceptors (Lipinski definition) is 4. The third kappa shape index (κ3) is 4.20. The zero-order valence-corrected chi connectivity index (χ0v) is 18.9. The van der Waals surface area contributed by atoms with E-state index < -0.39 is 5.97 Å². The van der Waals surface area contributed by atoms with E-state index in [0.29, 0.717) is 29.4 Å². The van der Waals surface area contributed by atoms with Gasteiger partial charge in [0.1, 0.15) is 5.56 Å². The van der Waals surface area contributed by atoms with E-state index >= 15 is 0 Å². The van der Waals surface area contributed by atoms with E-state index in [1.165, 1.54) is 5.56 Å². The number of carbonyl (C=O) groups excluding carboxylic acids is 2. The minimum absolute atomic E-state index is 0.171. The van der Waals surface area contributed by atoms with Gasteiger partial charge in [0, 0.05) is 23.0 Å². The molecule has 0 aliphatic heterocycles. The number of ether oxygens (including phenoxy) is 1. The van der Waals surface area contributed by atoms with Crippen LogP contribution in [0.15, 0.2) is 30.3 Å². The van der Waals surface area contributed by atoms with Gasteiger partial charge >= 0.3 is 5.97 Å². The summed E-state index contributed by atoms with van der Waals surface area (Å²) >= 11 is 0. The molecule has 1 aliphatic carbocycles. The lowest BCUT2D eigenvalue weighted by molar-refractivity contribution is 0.0473. The summed E-state index contributed by atoms with van der Waals surface area (Å²) < 4.78 is 9.44. The Kier molecular flexibility index (Phi) is 5.56. The number of esters is 1. The molecular weight excluding hydrogens is 390 g/mol. The molecular formula is C25H29N3O3. The fourth-order valence-corrected chi connectivity index (χ4v) is 4.25. The van der Waals surface area contributed by atoms with E-state index in [2.05, 4.69) is 33.9 Å². The lowest BCUT2D eigenvalue weighted by Gasteiger charge is -2.08. The maximum absolute atomic E-state index is 12.8. The van der Waals surface area contributed by atoms with Gasteiger partial charge < -0.3 is 9.30 Å². The van der Waals surface area contributed by atoms with Crippen molar-refractivity contribution in [2.24, 2.45) is 0 Å². The Bertz CT molecular complexity index is 1150. The zero-order chi connectivity index (χ0) is 22.3. The van der Waals surface area contributed by atoms with Gasteiger partial charge in [-0.05, 0) is 59.1 Å². The summed E-state index contributed by atoms with van der Waals surface area (Å²) in [5.74, 6) is -0.676. The van der Waals surface area contributed by atoms with Crippen LogP contribution in [0.4, 0.5) is 0 Å². The highest BCUT2D eigenvalue weighted by Gasteiger charge is 2.29. The molecule has 4 rings (SSSR count). The molecule has 1 aromatic carbocycles. The molecule has 0 bridgehead atoms. The standard InChI is InChI=1S/C25H29N3O3/c1-15-6-8-20(9-7-15)13-27-19(5)24(17(3)26-27)25(30)31-14-23(29)22-12-16(2)28(18(22)4)21-10-11-21/h6-9,12,21H,10-11,13-14H2,1-5H3. The lowest BCUT2D eigenvalue weighted by atomic mass is 10.1. The number of aromatic nitrogens is 3. The predicted molar refractivity (Wildman–Crippen MR) is 119 cm³/mol. The van der Waals surface area contributed by atoms with Crippen LogP contribution in [0.3, 0.4) is 0 Å². The number of Topliss-reactive ketones (excluding diaryl/α,β-unsaturated/α-hetero) is 1. The molecule has 0 saturated heterocycles. The van der Waals surface area contributed by atoms with Crippen LogP contribution >= 0.6 is 0 Å². The van der Waals surface area contributed by atoms with Crippen molar-refractivity contribution in [2.75, 3.05) is 6.61 Å². The zero-order valence-electron chi connectivity index (χ0n) is 18.9. The van der Waals surface area contributed by atoms with Gasteiger partial charge in [-0.3, -0.25) is 9.48 Å². The molecule has 2 heterocycles. The summed E-state index contributed by atoms with van der Waals surface area (Å²) in [6.45, 7) is 9.98. The van der Waals surface area contributed by atoms with Crippen molar-refractivity contribution >= 4 is 11.8 Å². The molecule has 0 unspecified atom stereocenters. The lowest BCUT2D eigenvalue weighted by Crippen LogP contribution is -2.16. The van der Waals surface area contributed by atoms with E-state index in [0.717, 1.165) is 35.5 Å². The van der Waals surface area contributed by atoms with Gasteiger partial charge in [-0.1, -0.05) is 29.8 Å². The van der Waals surface area contributed by atoms with Crippen molar-refractivity contribution in [3.8, 4) is 0 Å². The molecule has 0 spiro atoms. The van der Waals surface area contributed by atoms with Crippen LogP contribution in [0.2, 0.25) is 0 Å². The second-order valence-corrected chi connectivity index (χ2v) is 8.57. The van der Waals surface area contributed by atoms with Crippen molar-refractivity contribution in [1.29, 1.82) is 0 Å². The van der Waals surface area contributed by atoms with Crippen LogP contribution in [0.5, 0.6) is 0 Å². The molecule has 6 nitrogen and oxygen atoms in total. The minimum atomic E-state index is -0.505. The average molecular weight is 420 g/mol. The number of rotatable bonds is 7. The Morgan fingerprint density at radius 2 is 1.71 bits per heavy atom. The summed E-state index contributed by atoms with van der Waals surface area (Å²) in [4.78, 5) is 25.5. The van der Waals surface area contributed by atoms with Crippen LogP contribution < -0.4 is 0 Å². The van der Waals surface area contributed by atoms with Crippen molar-refractivity contribution in [1.82, 2.24) is 14.3 Å². The van der Waals surface area contributed by atoms with Crippen LogP contribution in [0.25, 0.3) is 0 Å². The van der Waals surface area contributed by atoms with E-state index in [-0.39, 0.29) is 12.4 Å². The van der Waals surface area contributed by atoms with Crippen molar-refractivity contribution in [3.63, 3.8) is 0 Å². The van der Waals surface area contributed by atoms with E-state index in [4.69, 9.17) is 4.74 Å². The van der Waals surface area contributed by atoms with Gasteiger partial charge in [0.25, 0.3) is 0 Å². The highest BCUT2D eigenvalue weighted by molar-refractivity contribution is 6.00. The van der Waals surface area contributed by atoms with E-state index in [9.17, 15) is 9.59 Å². The Labute approximate surface area is 182 Å². The van der Waals surface area contributed by atoms with E-state index in [1.54, 1.807) is 6.92 Å². The van der Waals surface area contributed by atoms with Crippen molar-refractivity contribution < 1.29 is 14.3 Å². The first-order valence-corrected chi connectivity index (χ1v) is 10.7. The third-order valence-corrected chi connectivity index (χ3v) is 6.07. The van der Waals surface area contributed by atoms with Gasteiger partial charge in [-0.2, -0.15) is 5.10 Å². The summed E-state index contributed by atoms with van der Waals surface area (Å²) in [5, 5.41) is 4.52. The molecule has 0 radical (unpaired) electrons. The summed E-state index contributed by atoms with van der Waals surface area (Å²) in [7, 11) is 0. The van der Waals surface area contributed by atoms with Gasteiger partial charge in [0.05, 0.1) is 17.9 Å². The predicted octanol–water partition coefficient (Wildman–Crippen LogP) is 4.65. The molecule has 1 saturated carbocycles. The van der Waals surface area contributed by atoms with Gasteiger partial charge in [-0.25, -0.2) is 4.79 Å². The largest absolute Gasteiger partial charge is 0.454 e. The molecule has 2 aromatic heterocycles. The summed E-state index contributed by atoms with van der Waals surface area (Å²) in [5.41, 5.74) is 6.76. The molecule has 31 heavy (non-hydrogen) atoms. The number of ketones is 1. The van der Waals surface area contributed by atoms with Crippen LogP contribution in [-0.4, -0.2) is 32.7 Å². The number of nitrogens with zero attached hydrogens (tertiary/aromatic N) is 3. The van der Waals surface area contributed by atoms with Gasteiger partial charge in [0.15, 0.2) is 6.61 Å². The average Bonchev–Trinajstić information content (AvgIpc) is 3.45. The van der Waals surface area contributed by atoms with Crippen LogP contribution in [-0.2, 0) is 11.3 Å². The number of benzene rings is 1. The molecule has 0 N–H and O–H groups in total. The summed E-state index contributed by atoms with van der Waals surface area (Å²) in [6, 6.07) is 10.6. The van der Waals surface area contributed by atoms with Crippen molar-refractivity contribution in [3.05, 3.63) is 75.4 Å². The van der Waals surface area contributed by atoms with E-state index in [1.807, 2.05) is 38.4 Å². The topological polar surface area (TPSA) is 66.1 Å². The SMILES string of the molecule is Cc1ccc(Cn2nc(C)c(C(=O)OCC(=O)c3cc(C)n(C4CC4)c3C)c2C)cc1. The Morgan fingerprint density at radius 1 is 1.03 bits per heavy atom. The second-order valence-electron chi connectivity index (χ2n) is 8.57. The highest BCUT2D eigenvalue weighted by atomic mass is 16.5. The van der Waals surface area contributed by atoms with Crippen molar-refractivity contribution in [2.45, 2.75) is 60.0 Å². The molecule has 0 amide bonds. The van der Waals surface area contributed by atoms with Crippen LogP contribution in [0.1, 0.15) is 73.5 Å². The Hall–Kier alpha value is -3.15. The smallest absolute Gasteiger partial charge is 0.342 e. The second kappa shape index (κ2) is 8.17. The normalized spacial score (nSPS) is 13.5. The third-order valence-electron chi connectivity index (χ3n) is 6.07. The Balaban J connectivity index is 1.45. The summed E-state index contributed by atoms with van der Waals surface area (Å²) in [6.07, 6.45) is 2.31. The number of aryl methyl sites for hydroxylation is 3. The maximum atomic E-state index is 12.8. The van der Waals surface area contributed by atoms with Crippen LogP contribution in [0, 0.1) is 34.6 Å². The first kappa shape index (κ1) is 21.1. The van der Waals surface area contributed by atoms with Gasteiger partial charge in [0.2, 0.25) is 5.78 Å². The monoisotopic (exact) mass is 419 g/mol. The number of hydrogen-bond donors (Lipinski definition) is 0. The highest BCUT2D eigenvalue weighted by Crippen LogP contribution is 2.38. The molecule has 3 aromatic rings. The first-order chi connectivity index (χ1) is 14.8. The first-order valence-electron chi connectivity index (χ1n) is 10.7. The molecule has 6 heteroatoms. The number of carbonyl (C=O) groups is 2. The Morgan fingerprint density at radius 3 is 2.35 bits per heavy atom. The molecule has 0 atom stereocenters. The molecule has 162 valence electrons. The fourth-order valence-electron chi connectivity index (χ4n) is 4.25. The quantitative estimate of drug-likeness (QED) is 0.413. The van der Waals surface area contributed by atoms with Gasteiger partial charge in [-0.15, -0.1) is 0 Å². The fraction of sp³-hybridized carbons (Fsp3) is 0.400.